The van der Waals surface area contributed by atoms with Gasteiger partial charge in [0.25, 0.3) is 0 Å². The standard InChI is InChI=1S/C5HF9O4/c6-2(7,1(15)16)3(8,9)17-5(13,14)18-4(10,11)12/h(H,15,16). The first-order valence-corrected chi connectivity index (χ1v) is 3.45. The Hall–Kier alpha value is -1.24. The van der Waals surface area contributed by atoms with Gasteiger partial charge < -0.3 is 5.11 Å². The molecule has 0 saturated heterocycles. The quantitative estimate of drug-likeness (QED) is 0.625. The molecule has 0 fully saturated rings. The molecule has 0 bridgehead atoms. The number of hydrogen-bond acceptors (Lipinski definition) is 3. The highest BCUT2D eigenvalue weighted by Gasteiger charge is 2.69. The molecule has 0 saturated carbocycles. The summed E-state index contributed by atoms with van der Waals surface area (Å²) < 4.78 is 110. The maximum absolute atomic E-state index is 12.2. The summed E-state index contributed by atoms with van der Waals surface area (Å²) in [5, 5.41) is 7.59. The molecule has 0 aliphatic carbocycles. The van der Waals surface area contributed by atoms with Gasteiger partial charge in [0, 0.05) is 0 Å². The molecule has 0 unspecified atom stereocenters. The van der Waals surface area contributed by atoms with Crippen LogP contribution in [0.1, 0.15) is 0 Å². The van der Waals surface area contributed by atoms with Gasteiger partial charge in [-0.2, -0.15) is 22.3 Å². The maximum Gasteiger partial charge on any atom is 0.529 e. The van der Waals surface area contributed by atoms with Crippen LogP contribution < -0.4 is 0 Å². The Bertz CT molecular complexity index is 321. The van der Waals surface area contributed by atoms with Gasteiger partial charge in [0.15, 0.2) is 0 Å². The highest BCUT2D eigenvalue weighted by Crippen LogP contribution is 2.41. The van der Waals surface area contributed by atoms with Crippen molar-refractivity contribution in [2.24, 2.45) is 0 Å². The molecule has 0 amide bonds. The Morgan fingerprint density at radius 2 is 1.22 bits per heavy atom. The van der Waals surface area contributed by atoms with E-state index in [0.717, 1.165) is 0 Å². The van der Waals surface area contributed by atoms with Crippen LogP contribution in [0.3, 0.4) is 0 Å². The Morgan fingerprint density at radius 1 is 0.833 bits per heavy atom. The summed E-state index contributed by atoms with van der Waals surface area (Å²) >= 11 is 0. The Labute approximate surface area is 90.9 Å². The Morgan fingerprint density at radius 3 is 1.50 bits per heavy atom. The van der Waals surface area contributed by atoms with Crippen LogP contribution in [0.2, 0.25) is 0 Å². The van der Waals surface area contributed by atoms with Crippen molar-refractivity contribution in [3.05, 3.63) is 0 Å². The molecule has 0 aliphatic rings. The lowest BCUT2D eigenvalue weighted by Gasteiger charge is -2.26. The van der Waals surface area contributed by atoms with Crippen LogP contribution >= 0.6 is 0 Å². The first-order valence-electron chi connectivity index (χ1n) is 3.45. The lowest BCUT2D eigenvalue weighted by molar-refractivity contribution is -0.546. The van der Waals surface area contributed by atoms with Crippen molar-refractivity contribution < 1.29 is 58.9 Å². The molecule has 0 radical (unpaired) electrons. The van der Waals surface area contributed by atoms with Crippen LogP contribution in [0.5, 0.6) is 0 Å². The summed E-state index contributed by atoms with van der Waals surface area (Å²) in [5.41, 5.74) is 0. The molecule has 18 heavy (non-hydrogen) atoms. The minimum atomic E-state index is -6.44. The van der Waals surface area contributed by atoms with E-state index in [9.17, 15) is 44.3 Å². The molecule has 0 heterocycles. The van der Waals surface area contributed by atoms with Gasteiger partial charge in [-0.3, -0.25) is 0 Å². The Kier molecular flexibility index (Phi) is 4.15. The number of aliphatic carboxylic acids is 1. The van der Waals surface area contributed by atoms with E-state index in [2.05, 4.69) is 0 Å². The van der Waals surface area contributed by atoms with Crippen molar-refractivity contribution in [1.82, 2.24) is 0 Å². The molecule has 0 spiro atoms. The number of ether oxygens (including phenoxy) is 2. The number of carboxylic acids is 1. The van der Waals surface area contributed by atoms with Crippen LogP contribution in [-0.2, 0) is 14.3 Å². The second kappa shape index (κ2) is 4.46. The molecule has 0 rings (SSSR count). The van der Waals surface area contributed by atoms with E-state index in [1.165, 1.54) is 0 Å². The van der Waals surface area contributed by atoms with E-state index >= 15 is 0 Å². The summed E-state index contributed by atoms with van der Waals surface area (Å²) in [6.07, 6.45) is -18.8. The van der Waals surface area contributed by atoms with Crippen LogP contribution in [0.25, 0.3) is 0 Å². The molecule has 0 aliphatic heterocycles. The van der Waals surface area contributed by atoms with Gasteiger partial charge in [-0.05, 0) is 0 Å². The minimum Gasteiger partial charge on any atom is -0.477 e. The smallest absolute Gasteiger partial charge is 0.477 e. The monoisotopic (exact) mass is 296 g/mol. The number of rotatable bonds is 5. The van der Waals surface area contributed by atoms with Crippen LogP contribution in [0, 0.1) is 0 Å². The summed E-state index contributed by atoms with van der Waals surface area (Å²) in [5.74, 6) is -9.78. The van der Waals surface area contributed by atoms with Gasteiger partial charge in [0.1, 0.15) is 0 Å². The summed E-state index contributed by atoms with van der Waals surface area (Å²) in [7, 11) is 0. The molecule has 0 aromatic heterocycles. The zero-order chi connectivity index (χ0) is 15.0. The third-order valence-corrected chi connectivity index (χ3v) is 1.12. The van der Waals surface area contributed by atoms with E-state index in [4.69, 9.17) is 5.11 Å². The van der Waals surface area contributed by atoms with Crippen molar-refractivity contribution in [2.45, 2.75) is 24.7 Å². The molecule has 108 valence electrons. The van der Waals surface area contributed by atoms with E-state index in [1.54, 1.807) is 9.47 Å². The number of carbonyl (C=O) groups is 1. The van der Waals surface area contributed by atoms with E-state index in [0.29, 0.717) is 0 Å². The largest absolute Gasteiger partial charge is 0.529 e. The number of alkyl halides is 9. The van der Waals surface area contributed by atoms with Crippen molar-refractivity contribution >= 4 is 5.97 Å². The molecule has 4 nitrogen and oxygen atoms in total. The van der Waals surface area contributed by atoms with Crippen molar-refractivity contribution in [3.8, 4) is 0 Å². The molecule has 1 N–H and O–H groups in total. The maximum atomic E-state index is 12.2. The highest BCUT2D eigenvalue weighted by molar-refractivity contribution is 5.76. The Balaban J connectivity index is 5.03. The summed E-state index contributed by atoms with van der Waals surface area (Å²) in [6, 6.07) is 0. The van der Waals surface area contributed by atoms with Crippen LogP contribution in [0.15, 0.2) is 0 Å². The van der Waals surface area contributed by atoms with Gasteiger partial charge in [-0.15, -0.1) is 22.0 Å². The lowest BCUT2D eigenvalue weighted by atomic mass is 10.3. The van der Waals surface area contributed by atoms with Crippen molar-refractivity contribution in [2.75, 3.05) is 0 Å². The van der Waals surface area contributed by atoms with Gasteiger partial charge in [0.05, 0.1) is 0 Å². The predicted molar refractivity (Wildman–Crippen MR) is 30.7 cm³/mol. The van der Waals surface area contributed by atoms with Gasteiger partial charge >= 0.3 is 30.7 Å². The van der Waals surface area contributed by atoms with Gasteiger partial charge in [-0.25, -0.2) is 9.53 Å². The summed E-state index contributed by atoms with van der Waals surface area (Å²) in [6.45, 7) is 0. The SMILES string of the molecule is O=C(O)C(F)(F)C(F)(F)OC(F)(F)OC(F)(F)F. The van der Waals surface area contributed by atoms with Gasteiger partial charge in [0.2, 0.25) is 0 Å². The topological polar surface area (TPSA) is 55.8 Å². The molecule has 0 aromatic carbocycles. The second-order valence-electron chi connectivity index (χ2n) is 2.51. The average Bonchev–Trinajstić information content (AvgIpc) is 1.94. The highest BCUT2D eigenvalue weighted by atomic mass is 19.4. The number of hydrogen-bond donors (Lipinski definition) is 1. The third kappa shape index (κ3) is 4.21. The molecule has 0 atom stereocenters. The lowest BCUT2D eigenvalue weighted by Crippen LogP contribution is -2.53. The molecule has 13 heteroatoms. The second-order valence-corrected chi connectivity index (χ2v) is 2.51. The first-order chi connectivity index (χ1) is 7.61. The fourth-order valence-corrected chi connectivity index (χ4v) is 0.493. The third-order valence-electron chi connectivity index (χ3n) is 1.12. The normalized spacial score (nSPS) is 14.7. The van der Waals surface area contributed by atoms with Gasteiger partial charge in [-0.1, -0.05) is 0 Å². The molecule has 0 aromatic rings. The average molecular weight is 296 g/mol. The first kappa shape index (κ1) is 16.8. The predicted octanol–water partition coefficient (Wildman–Crippen LogP) is 2.40. The number of halogens is 9. The van der Waals surface area contributed by atoms with Crippen molar-refractivity contribution in [3.63, 3.8) is 0 Å². The minimum absolute atomic E-state index is 1.67. The molecular formula is C5HF9O4. The zero-order valence-electron chi connectivity index (χ0n) is 7.57. The van der Waals surface area contributed by atoms with E-state index < -0.39 is 30.7 Å². The van der Waals surface area contributed by atoms with Crippen LogP contribution in [-0.4, -0.2) is 35.8 Å². The van der Waals surface area contributed by atoms with E-state index in [1.807, 2.05) is 0 Å². The fourth-order valence-electron chi connectivity index (χ4n) is 0.493. The van der Waals surface area contributed by atoms with E-state index in [-0.39, 0.29) is 0 Å². The van der Waals surface area contributed by atoms with Crippen molar-refractivity contribution in [1.29, 1.82) is 0 Å². The van der Waals surface area contributed by atoms with Crippen LogP contribution in [0.4, 0.5) is 39.5 Å². The molecular weight excluding hydrogens is 295 g/mol. The summed E-state index contributed by atoms with van der Waals surface area (Å²) in [4.78, 5) is 9.62. The number of carboxylic acid groups (broad SMARTS) is 1. The fraction of sp³-hybridized carbons (Fsp3) is 0.800. The zero-order valence-corrected chi connectivity index (χ0v) is 7.57.